The van der Waals surface area contributed by atoms with E-state index in [0.717, 1.165) is 19.3 Å². The molecule has 1 aromatic heterocycles. The molecule has 0 atom stereocenters. The monoisotopic (exact) mass is 398 g/mol. The number of hydrogen-bond donors (Lipinski definition) is 2. The number of non-ortho nitro benzene ring substituents is 1. The van der Waals surface area contributed by atoms with Gasteiger partial charge in [0.05, 0.1) is 4.92 Å². The maximum Gasteiger partial charge on any atom is 0.344 e. The normalized spacial score (nSPS) is 18.0. The van der Waals surface area contributed by atoms with Crippen molar-refractivity contribution < 1.29 is 23.7 Å². The first kappa shape index (κ1) is 18.7. The Morgan fingerprint density at radius 2 is 1.79 bits per heavy atom. The number of furan rings is 1. The zero-order valence-corrected chi connectivity index (χ0v) is 15.3. The second-order valence-corrected chi connectivity index (χ2v) is 7.12. The highest BCUT2D eigenvalue weighted by molar-refractivity contribution is 6.09. The smallest absolute Gasteiger partial charge is 0.344 e. The number of nitrogens with one attached hydrogen (secondary N) is 2. The van der Waals surface area contributed by atoms with Gasteiger partial charge in [-0.2, -0.15) is 5.01 Å². The van der Waals surface area contributed by atoms with Crippen molar-refractivity contribution in [2.45, 2.75) is 37.6 Å². The molecule has 2 heterocycles. The van der Waals surface area contributed by atoms with E-state index < -0.39 is 28.3 Å². The molecule has 1 aliphatic heterocycles. The molecular formula is C19H18N4O6. The van der Waals surface area contributed by atoms with Gasteiger partial charge in [-0.25, -0.2) is 10.2 Å². The third-order valence-corrected chi connectivity index (χ3v) is 5.27. The van der Waals surface area contributed by atoms with Crippen molar-refractivity contribution in [1.29, 1.82) is 0 Å². The molecule has 0 bridgehead atoms. The zero-order chi connectivity index (χ0) is 20.6. The number of hydrazine groups is 1. The summed E-state index contributed by atoms with van der Waals surface area (Å²) in [7, 11) is 0. The number of rotatable bonds is 4. The molecule has 29 heavy (non-hydrogen) atoms. The molecule has 2 N–H and O–H groups in total. The first-order chi connectivity index (χ1) is 13.9. The fourth-order valence-electron chi connectivity index (χ4n) is 3.74. The van der Waals surface area contributed by atoms with Gasteiger partial charge < -0.3 is 9.73 Å². The SMILES string of the molecule is O=C(NN1C(=O)NC2(CCCCC2)C1=O)c1ccc(-c2ccc([N+](=O)[O-])cc2)o1. The predicted molar refractivity (Wildman–Crippen MR) is 99.5 cm³/mol. The van der Waals surface area contributed by atoms with Crippen LogP contribution in [0.3, 0.4) is 0 Å². The summed E-state index contributed by atoms with van der Waals surface area (Å²) < 4.78 is 5.50. The standard InChI is InChI=1S/C19H18N4O6/c24-16(21-22-17(25)19(20-18(22)26)10-2-1-3-11-19)15-9-8-14(29-15)12-4-6-13(7-5-12)23(27)28/h4-9H,1-3,10-11H2,(H,20,26)(H,21,24). The lowest BCUT2D eigenvalue weighted by Crippen LogP contribution is -2.50. The predicted octanol–water partition coefficient (Wildman–Crippen LogP) is 2.75. The molecular weight excluding hydrogens is 380 g/mol. The summed E-state index contributed by atoms with van der Waals surface area (Å²) in [5, 5.41) is 14.2. The average Bonchev–Trinajstić information content (AvgIpc) is 3.29. The third-order valence-electron chi connectivity index (χ3n) is 5.27. The Balaban J connectivity index is 1.47. The molecule has 0 unspecified atom stereocenters. The second-order valence-electron chi connectivity index (χ2n) is 7.12. The Bertz CT molecular complexity index is 990. The first-order valence-corrected chi connectivity index (χ1v) is 9.22. The number of carbonyl (C=O) groups is 3. The van der Waals surface area contributed by atoms with Crippen LogP contribution in [0.15, 0.2) is 40.8 Å². The van der Waals surface area contributed by atoms with Crippen LogP contribution in [0.5, 0.6) is 0 Å². The van der Waals surface area contributed by atoms with Crippen LogP contribution in [0.25, 0.3) is 11.3 Å². The van der Waals surface area contributed by atoms with E-state index in [1.54, 1.807) is 0 Å². The van der Waals surface area contributed by atoms with Gasteiger partial charge in [-0.05, 0) is 37.1 Å². The minimum absolute atomic E-state index is 0.0616. The summed E-state index contributed by atoms with van der Waals surface area (Å²) in [6, 6.07) is 7.94. The van der Waals surface area contributed by atoms with Gasteiger partial charge in [0.1, 0.15) is 11.3 Å². The van der Waals surface area contributed by atoms with Crippen LogP contribution in [-0.4, -0.2) is 33.3 Å². The summed E-state index contributed by atoms with van der Waals surface area (Å²) in [5.41, 5.74) is 1.86. The van der Waals surface area contributed by atoms with E-state index >= 15 is 0 Å². The van der Waals surface area contributed by atoms with E-state index in [0.29, 0.717) is 29.2 Å². The number of hydrogen-bond acceptors (Lipinski definition) is 6. The van der Waals surface area contributed by atoms with Crippen LogP contribution in [0.2, 0.25) is 0 Å². The number of urea groups is 1. The van der Waals surface area contributed by atoms with Gasteiger partial charge in [0, 0.05) is 17.7 Å². The van der Waals surface area contributed by atoms with Gasteiger partial charge in [-0.3, -0.25) is 19.7 Å². The molecule has 2 aliphatic rings. The van der Waals surface area contributed by atoms with E-state index in [2.05, 4.69) is 10.7 Å². The molecule has 4 amide bonds. The number of imide groups is 1. The fraction of sp³-hybridized carbons (Fsp3) is 0.316. The Hall–Kier alpha value is -3.69. The average molecular weight is 398 g/mol. The van der Waals surface area contributed by atoms with Crippen molar-refractivity contribution >= 4 is 23.5 Å². The van der Waals surface area contributed by atoms with Crippen LogP contribution in [0, 0.1) is 10.1 Å². The maximum absolute atomic E-state index is 12.7. The Labute approximate surface area is 165 Å². The Morgan fingerprint density at radius 1 is 1.10 bits per heavy atom. The van der Waals surface area contributed by atoms with Crippen molar-refractivity contribution in [3.8, 4) is 11.3 Å². The number of benzene rings is 1. The second kappa shape index (κ2) is 7.04. The molecule has 1 aromatic carbocycles. The lowest BCUT2D eigenvalue weighted by molar-refractivity contribution is -0.384. The first-order valence-electron chi connectivity index (χ1n) is 9.22. The van der Waals surface area contributed by atoms with Crippen LogP contribution in [0.4, 0.5) is 10.5 Å². The minimum atomic E-state index is -0.935. The summed E-state index contributed by atoms with van der Waals surface area (Å²) in [6.07, 6.45) is 3.79. The molecule has 0 radical (unpaired) electrons. The van der Waals surface area contributed by atoms with E-state index in [9.17, 15) is 24.5 Å². The molecule has 1 saturated heterocycles. The lowest BCUT2D eigenvalue weighted by Gasteiger charge is -2.30. The summed E-state index contributed by atoms with van der Waals surface area (Å²) in [6.45, 7) is 0. The molecule has 2 aromatic rings. The van der Waals surface area contributed by atoms with Crippen molar-refractivity contribution in [3.63, 3.8) is 0 Å². The molecule has 4 rings (SSSR count). The highest BCUT2D eigenvalue weighted by Crippen LogP contribution is 2.33. The summed E-state index contributed by atoms with van der Waals surface area (Å²) in [5.74, 6) is -0.971. The topological polar surface area (TPSA) is 135 Å². The van der Waals surface area contributed by atoms with Crippen molar-refractivity contribution in [3.05, 3.63) is 52.3 Å². The number of nitro groups is 1. The number of carbonyl (C=O) groups excluding carboxylic acids is 3. The van der Waals surface area contributed by atoms with Gasteiger partial charge in [0.2, 0.25) is 0 Å². The van der Waals surface area contributed by atoms with Gasteiger partial charge in [0.15, 0.2) is 5.76 Å². The van der Waals surface area contributed by atoms with E-state index in [-0.39, 0.29) is 11.4 Å². The van der Waals surface area contributed by atoms with Gasteiger partial charge in [-0.15, -0.1) is 0 Å². The Morgan fingerprint density at radius 3 is 2.45 bits per heavy atom. The van der Waals surface area contributed by atoms with Crippen LogP contribution >= 0.6 is 0 Å². The fourth-order valence-corrected chi connectivity index (χ4v) is 3.74. The number of amides is 4. The van der Waals surface area contributed by atoms with Crippen molar-refractivity contribution in [1.82, 2.24) is 15.8 Å². The highest BCUT2D eigenvalue weighted by Gasteiger charge is 2.52. The number of nitro benzene ring substituents is 1. The molecule has 10 nitrogen and oxygen atoms in total. The van der Waals surface area contributed by atoms with Crippen LogP contribution in [0.1, 0.15) is 42.7 Å². The van der Waals surface area contributed by atoms with Gasteiger partial charge in [-0.1, -0.05) is 19.3 Å². The largest absolute Gasteiger partial charge is 0.451 e. The van der Waals surface area contributed by atoms with Crippen LogP contribution < -0.4 is 10.7 Å². The molecule has 150 valence electrons. The van der Waals surface area contributed by atoms with E-state index in [1.165, 1.54) is 36.4 Å². The summed E-state index contributed by atoms with van der Waals surface area (Å²) >= 11 is 0. The lowest BCUT2D eigenvalue weighted by atomic mass is 9.82. The number of nitrogens with zero attached hydrogens (tertiary/aromatic N) is 2. The molecule has 10 heteroatoms. The minimum Gasteiger partial charge on any atom is -0.451 e. The highest BCUT2D eigenvalue weighted by atomic mass is 16.6. The summed E-state index contributed by atoms with van der Waals surface area (Å²) in [4.78, 5) is 47.7. The quantitative estimate of drug-likeness (QED) is 0.462. The zero-order valence-electron chi connectivity index (χ0n) is 15.3. The van der Waals surface area contributed by atoms with Crippen LogP contribution in [-0.2, 0) is 4.79 Å². The van der Waals surface area contributed by atoms with Gasteiger partial charge in [0.25, 0.3) is 11.6 Å². The Kier molecular flexibility index (Phi) is 4.53. The maximum atomic E-state index is 12.7. The molecule has 2 fully saturated rings. The molecule has 1 spiro atoms. The van der Waals surface area contributed by atoms with Crippen molar-refractivity contribution in [2.75, 3.05) is 0 Å². The third kappa shape index (κ3) is 3.33. The molecule has 1 aliphatic carbocycles. The molecule has 1 saturated carbocycles. The van der Waals surface area contributed by atoms with E-state index in [4.69, 9.17) is 4.42 Å². The van der Waals surface area contributed by atoms with E-state index in [1.807, 2.05) is 0 Å². The van der Waals surface area contributed by atoms with Crippen molar-refractivity contribution in [2.24, 2.45) is 0 Å². The van der Waals surface area contributed by atoms with Gasteiger partial charge >= 0.3 is 11.9 Å².